The van der Waals surface area contributed by atoms with Crippen LogP contribution in [0.5, 0.6) is 0 Å². The van der Waals surface area contributed by atoms with Crippen molar-refractivity contribution in [1.82, 2.24) is 10.2 Å². The minimum Gasteiger partial charge on any atom is -0.369 e. The molecule has 1 aliphatic heterocycles. The number of primary amides is 1. The molecule has 5 fully saturated rings. The summed E-state index contributed by atoms with van der Waals surface area (Å²) in [5.74, 6) is 1.93. The van der Waals surface area contributed by atoms with E-state index in [-0.39, 0.29) is 23.3 Å². The summed E-state index contributed by atoms with van der Waals surface area (Å²) in [7, 11) is 0. The summed E-state index contributed by atoms with van der Waals surface area (Å²) >= 11 is 0. The van der Waals surface area contributed by atoms with Crippen LogP contribution in [-0.4, -0.2) is 41.4 Å². The summed E-state index contributed by atoms with van der Waals surface area (Å²) in [6.07, 6.45) is 7.26. The molecule has 0 spiro atoms. The van der Waals surface area contributed by atoms with Crippen molar-refractivity contribution < 1.29 is 9.59 Å². The molecule has 0 aromatic heterocycles. The van der Waals surface area contributed by atoms with Gasteiger partial charge in [0.2, 0.25) is 11.8 Å². The zero-order chi connectivity index (χ0) is 21.8. The van der Waals surface area contributed by atoms with Gasteiger partial charge in [0.1, 0.15) is 0 Å². The second kappa shape index (κ2) is 7.61. The maximum absolute atomic E-state index is 13.6. The molecule has 0 radical (unpaired) electrons. The average Bonchev–Trinajstić information content (AvgIpc) is 2.76. The Kier molecular flexibility index (Phi) is 5.16. The first-order valence-electron chi connectivity index (χ1n) is 12.2. The number of likely N-dealkylation sites (tertiary alicyclic amines) is 1. The van der Waals surface area contributed by atoms with Gasteiger partial charge in [-0.05, 0) is 94.6 Å². The number of nitrogens with one attached hydrogen (secondary N) is 1. The van der Waals surface area contributed by atoms with E-state index in [1.165, 1.54) is 12.0 Å². The highest BCUT2D eigenvalue weighted by Gasteiger charge is 2.58. The number of amides is 2. The van der Waals surface area contributed by atoms with E-state index >= 15 is 0 Å². The van der Waals surface area contributed by atoms with E-state index in [1.807, 2.05) is 0 Å². The molecule has 1 heterocycles. The van der Waals surface area contributed by atoms with Gasteiger partial charge in [0.15, 0.2) is 0 Å². The van der Waals surface area contributed by atoms with E-state index in [0.717, 1.165) is 51.6 Å². The van der Waals surface area contributed by atoms with Gasteiger partial charge in [-0.3, -0.25) is 14.5 Å². The number of piperidine rings is 1. The number of hydrogen-bond acceptors (Lipinski definition) is 3. The van der Waals surface area contributed by atoms with Crippen molar-refractivity contribution in [3.63, 3.8) is 0 Å². The smallest absolute Gasteiger partial charge is 0.240 e. The molecule has 6 rings (SSSR count). The molecule has 3 N–H and O–H groups in total. The van der Waals surface area contributed by atoms with Crippen LogP contribution in [0.25, 0.3) is 0 Å². The fourth-order valence-electron chi connectivity index (χ4n) is 7.52. The Morgan fingerprint density at radius 1 is 1.10 bits per heavy atom. The molecule has 168 valence electrons. The van der Waals surface area contributed by atoms with Crippen molar-refractivity contribution in [2.45, 2.75) is 76.3 Å². The quantitative estimate of drug-likeness (QED) is 0.762. The molecule has 1 saturated heterocycles. The summed E-state index contributed by atoms with van der Waals surface area (Å²) in [6, 6.07) is 10.9. The highest BCUT2D eigenvalue weighted by atomic mass is 16.2. The third-order valence-electron chi connectivity index (χ3n) is 9.13. The maximum Gasteiger partial charge on any atom is 0.240 e. The lowest BCUT2D eigenvalue weighted by Gasteiger charge is -2.59. The van der Waals surface area contributed by atoms with Crippen LogP contribution < -0.4 is 11.1 Å². The van der Waals surface area contributed by atoms with Crippen LogP contribution in [0, 0.1) is 23.2 Å². The zero-order valence-electron chi connectivity index (χ0n) is 19.0. The lowest BCUT2D eigenvalue weighted by molar-refractivity contribution is -0.149. The first-order chi connectivity index (χ1) is 14.8. The molecule has 5 heteroatoms. The second-order valence-corrected chi connectivity index (χ2v) is 11.4. The first kappa shape index (κ1) is 21.0. The fraction of sp³-hybridized carbons (Fsp3) is 0.692. The standard InChI is InChI=1S/C26H37N3O2/c1-25(2,29-10-6-9-19(16-29)18-7-4-3-5-8-18)24(31)28-22-20-11-17-12-21(22)15-26(13-17,14-20)23(27)30/h3-5,7-8,17,19-22H,6,9-16H2,1-2H3,(H2,27,30)(H,28,31). The Labute approximate surface area is 186 Å². The summed E-state index contributed by atoms with van der Waals surface area (Å²) in [4.78, 5) is 28.2. The van der Waals surface area contributed by atoms with Crippen LogP contribution in [-0.2, 0) is 9.59 Å². The number of rotatable bonds is 5. The molecule has 31 heavy (non-hydrogen) atoms. The van der Waals surface area contributed by atoms with Gasteiger partial charge >= 0.3 is 0 Å². The van der Waals surface area contributed by atoms with Gasteiger partial charge in [-0.25, -0.2) is 0 Å². The predicted molar refractivity (Wildman–Crippen MR) is 121 cm³/mol. The van der Waals surface area contributed by atoms with Crippen LogP contribution in [0.4, 0.5) is 0 Å². The first-order valence-corrected chi connectivity index (χ1v) is 12.2. The van der Waals surface area contributed by atoms with Crippen molar-refractivity contribution in [3.8, 4) is 0 Å². The van der Waals surface area contributed by atoms with Crippen molar-refractivity contribution in [2.75, 3.05) is 13.1 Å². The van der Waals surface area contributed by atoms with E-state index in [1.54, 1.807) is 0 Å². The van der Waals surface area contributed by atoms with E-state index in [2.05, 4.69) is 54.4 Å². The molecular weight excluding hydrogens is 386 g/mol. The van der Waals surface area contributed by atoms with Gasteiger partial charge in [0.25, 0.3) is 0 Å². The summed E-state index contributed by atoms with van der Waals surface area (Å²) in [5, 5.41) is 3.48. The molecule has 1 aromatic rings. The summed E-state index contributed by atoms with van der Waals surface area (Å²) < 4.78 is 0. The molecule has 4 aliphatic carbocycles. The van der Waals surface area contributed by atoms with Crippen LogP contribution in [0.3, 0.4) is 0 Å². The SMILES string of the molecule is CC(C)(C(=O)NC1C2CC3CC1CC(C(N)=O)(C3)C2)N1CCCC(c2ccccc2)C1. The molecule has 3 atom stereocenters. The Hall–Kier alpha value is -1.88. The van der Waals surface area contributed by atoms with Gasteiger partial charge in [-0.15, -0.1) is 0 Å². The monoisotopic (exact) mass is 423 g/mol. The number of carbonyl (C=O) groups is 2. The van der Waals surface area contributed by atoms with E-state index in [0.29, 0.717) is 23.7 Å². The number of benzene rings is 1. The molecule has 2 amide bonds. The lowest BCUT2D eigenvalue weighted by Crippen LogP contribution is -2.65. The third kappa shape index (κ3) is 3.59. The topological polar surface area (TPSA) is 75.4 Å². The molecule has 1 aromatic carbocycles. The highest BCUT2D eigenvalue weighted by molar-refractivity contribution is 5.86. The van der Waals surface area contributed by atoms with Gasteiger partial charge in [0, 0.05) is 18.0 Å². The normalized spacial score (nSPS) is 37.5. The van der Waals surface area contributed by atoms with Crippen LogP contribution in [0.2, 0.25) is 0 Å². The second-order valence-electron chi connectivity index (χ2n) is 11.4. The minimum atomic E-state index is -0.538. The third-order valence-corrected chi connectivity index (χ3v) is 9.13. The van der Waals surface area contributed by atoms with Crippen LogP contribution in [0.1, 0.15) is 70.3 Å². The fourth-order valence-corrected chi connectivity index (χ4v) is 7.52. The van der Waals surface area contributed by atoms with Crippen molar-refractivity contribution >= 4 is 11.8 Å². The van der Waals surface area contributed by atoms with Gasteiger partial charge in [0.05, 0.1) is 5.54 Å². The van der Waals surface area contributed by atoms with Crippen LogP contribution in [0.15, 0.2) is 30.3 Å². The Morgan fingerprint density at radius 2 is 1.77 bits per heavy atom. The average molecular weight is 424 g/mol. The molecule has 4 bridgehead atoms. The number of carbonyl (C=O) groups excluding carboxylic acids is 2. The Balaban J connectivity index is 1.27. The number of nitrogens with two attached hydrogens (primary N) is 1. The minimum absolute atomic E-state index is 0.114. The van der Waals surface area contributed by atoms with Gasteiger partial charge in [-0.2, -0.15) is 0 Å². The highest BCUT2D eigenvalue weighted by Crippen LogP contribution is 2.60. The lowest BCUT2D eigenvalue weighted by atomic mass is 9.47. The molecule has 5 nitrogen and oxygen atoms in total. The largest absolute Gasteiger partial charge is 0.369 e. The van der Waals surface area contributed by atoms with E-state index in [9.17, 15) is 9.59 Å². The van der Waals surface area contributed by atoms with Gasteiger partial charge in [-0.1, -0.05) is 30.3 Å². The van der Waals surface area contributed by atoms with E-state index < -0.39 is 5.54 Å². The number of nitrogens with zero attached hydrogens (tertiary/aromatic N) is 1. The van der Waals surface area contributed by atoms with Crippen molar-refractivity contribution in [2.24, 2.45) is 28.9 Å². The maximum atomic E-state index is 13.6. The summed E-state index contributed by atoms with van der Waals surface area (Å²) in [5.41, 5.74) is 6.37. The van der Waals surface area contributed by atoms with Crippen molar-refractivity contribution in [3.05, 3.63) is 35.9 Å². The molecule has 5 aliphatic rings. The zero-order valence-corrected chi connectivity index (χ0v) is 19.0. The molecule has 3 unspecified atom stereocenters. The van der Waals surface area contributed by atoms with Crippen LogP contribution >= 0.6 is 0 Å². The Morgan fingerprint density at radius 3 is 2.42 bits per heavy atom. The Bertz CT molecular complexity index is 835. The predicted octanol–water partition coefficient (Wildman–Crippen LogP) is 3.44. The summed E-state index contributed by atoms with van der Waals surface area (Å²) in [6.45, 7) is 6.05. The molecule has 4 saturated carbocycles. The molecular formula is C26H37N3O2. The van der Waals surface area contributed by atoms with Crippen molar-refractivity contribution in [1.29, 1.82) is 0 Å². The van der Waals surface area contributed by atoms with E-state index in [4.69, 9.17) is 5.73 Å². The number of hydrogen-bond donors (Lipinski definition) is 2. The van der Waals surface area contributed by atoms with Gasteiger partial charge < -0.3 is 11.1 Å².